The van der Waals surface area contributed by atoms with Crippen molar-refractivity contribution in [1.82, 2.24) is 9.88 Å². The van der Waals surface area contributed by atoms with Crippen molar-refractivity contribution in [2.45, 2.75) is 58.0 Å². The Balaban J connectivity index is 1.78. The Hall–Kier alpha value is -3.15. The number of carbonyl (C=O) groups is 2. The van der Waals surface area contributed by atoms with E-state index in [1.54, 1.807) is 35.5 Å². The summed E-state index contributed by atoms with van der Waals surface area (Å²) in [6, 6.07) is 10.0. The summed E-state index contributed by atoms with van der Waals surface area (Å²) in [5, 5.41) is 11.3. The summed E-state index contributed by atoms with van der Waals surface area (Å²) >= 11 is 0. The molecule has 168 valence electrons. The SMILES string of the molecule is CC(C)COc1cccc(/C(O)=C2/C(=O)C(=O)N(C3CCCCC3)C2c2ccncc2)c1. The predicted molar refractivity (Wildman–Crippen MR) is 122 cm³/mol. The van der Waals surface area contributed by atoms with Crippen LogP contribution in [0.1, 0.15) is 63.1 Å². The Morgan fingerprint density at radius 1 is 1.12 bits per heavy atom. The first-order valence-corrected chi connectivity index (χ1v) is 11.4. The number of aliphatic hydroxyl groups is 1. The van der Waals surface area contributed by atoms with E-state index in [0.717, 1.165) is 37.7 Å². The van der Waals surface area contributed by atoms with Crippen molar-refractivity contribution < 1.29 is 19.4 Å². The molecular formula is C26H30N2O4. The number of rotatable bonds is 6. The molecule has 1 saturated heterocycles. The van der Waals surface area contributed by atoms with E-state index in [-0.39, 0.29) is 17.4 Å². The molecule has 1 unspecified atom stereocenters. The van der Waals surface area contributed by atoms with Gasteiger partial charge in [0.15, 0.2) is 0 Å². The monoisotopic (exact) mass is 434 g/mol. The van der Waals surface area contributed by atoms with Crippen LogP contribution < -0.4 is 4.74 Å². The molecule has 0 radical (unpaired) electrons. The number of aliphatic hydroxyl groups excluding tert-OH is 1. The van der Waals surface area contributed by atoms with Gasteiger partial charge >= 0.3 is 0 Å². The number of carbonyl (C=O) groups excluding carboxylic acids is 2. The number of amides is 1. The molecule has 1 N–H and O–H groups in total. The van der Waals surface area contributed by atoms with Gasteiger partial charge in [0.25, 0.3) is 11.7 Å². The van der Waals surface area contributed by atoms with E-state index >= 15 is 0 Å². The van der Waals surface area contributed by atoms with Crippen LogP contribution in [0.3, 0.4) is 0 Å². The van der Waals surface area contributed by atoms with Crippen LogP contribution in [-0.2, 0) is 9.59 Å². The summed E-state index contributed by atoms with van der Waals surface area (Å²) in [5.41, 5.74) is 1.37. The smallest absolute Gasteiger partial charge is 0.295 e. The normalized spacial score (nSPS) is 21.3. The van der Waals surface area contributed by atoms with Crippen molar-refractivity contribution in [3.63, 3.8) is 0 Å². The Bertz CT molecular complexity index is 1010. The minimum absolute atomic E-state index is 0.00984. The summed E-state index contributed by atoms with van der Waals surface area (Å²) in [5.74, 6) is -0.362. The van der Waals surface area contributed by atoms with Crippen molar-refractivity contribution in [2.75, 3.05) is 6.61 Å². The lowest BCUT2D eigenvalue weighted by Crippen LogP contribution is -2.40. The first-order chi connectivity index (χ1) is 15.5. The largest absolute Gasteiger partial charge is 0.507 e. The van der Waals surface area contributed by atoms with Gasteiger partial charge in [0.2, 0.25) is 0 Å². The van der Waals surface area contributed by atoms with E-state index < -0.39 is 17.7 Å². The Morgan fingerprint density at radius 2 is 1.84 bits per heavy atom. The standard InChI is InChI=1S/C26H30N2O4/c1-17(2)16-32-21-10-6-7-19(15-21)24(29)22-23(18-11-13-27-14-12-18)28(26(31)25(22)30)20-8-4-3-5-9-20/h6-7,10-15,17,20,23,29H,3-5,8-9,16H2,1-2H3/b24-22-. The third-order valence-corrected chi connectivity index (χ3v) is 6.16. The Labute approximate surface area is 188 Å². The summed E-state index contributed by atoms with van der Waals surface area (Å²) < 4.78 is 5.79. The van der Waals surface area contributed by atoms with Crippen LogP contribution in [0.5, 0.6) is 5.75 Å². The van der Waals surface area contributed by atoms with Crippen LogP contribution in [0.15, 0.2) is 54.4 Å². The van der Waals surface area contributed by atoms with Gasteiger partial charge in [-0.3, -0.25) is 14.6 Å². The summed E-state index contributed by atoms with van der Waals surface area (Å²) in [4.78, 5) is 32.1. The van der Waals surface area contributed by atoms with E-state index in [9.17, 15) is 14.7 Å². The molecule has 1 aliphatic carbocycles. The number of ether oxygens (including phenoxy) is 1. The van der Waals surface area contributed by atoms with Gasteiger partial charge in [-0.25, -0.2) is 0 Å². The summed E-state index contributed by atoms with van der Waals surface area (Å²) in [6.07, 6.45) is 8.25. The number of hydrogen-bond acceptors (Lipinski definition) is 5. The fourth-order valence-corrected chi connectivity index (χ4v) is 4.61. The van der Waals surface area contributed by atoms with Crippen molar-refractivity contribution in [3.8, 4) is 5.75 Å². The average molecular weight is 435 g/mol. The molecule has 4 rings (SSSR count). The molecule has 32 heavy (non-hydrogen) atoms. The zero-order valence-corrected chi connectivity index (χ0v) is 18.7. The molecule has 2 heterocycles. The van der Waals surface area contributed by atoms with E-state index in [0.29, 0.717) is 23.8 Å². The second-order valence-corrected chi connectivity index (χ2v) is 9.01. The van der Waals surface area contributed by atoms with Gasteiger partial charge in [0.1, 0.15) is 11.5 Å². The first-order valence-electron chi connectivity index (χ1n) is 11.4. The number of ketones is 1. The highest BCUT2D eigenvalue weighted by atomic mass is 16.5. The summed E-state index contributed by atoms with van der Waals surface area (Å²) in [6.45, 7) is 4.67. The highest BCUT2D eigenvalue weighted by Crippen LogP contribution is 2.43. The van der Waals surface area contributed by atoms with E-state index in [4.69, 9.17) is 4.74 Å². The molecule has 2 fully saturated rings. The van der Waals surface area contributed by atoms with Gasteiger partial charge in [0.05, 0.1) is 18.2 Å². The van der Waals surface area contributed by atoms with E-state index in [1.165, 1.54) is 0 Å². The van der Waals surface area contributed by atoms with Gasteiger partial charge in [-0.1, -0.05) is 45.2 Å². The zero-order valence-electron chi connectivity index (χ0n) is 18.7. The quantitative estimate of drug-likeness (QED) is 0.399. The van der Waals surface area contributed by atoms with Crippen molar-refractivity contribution in [2.24, 2.45) is 5.92 Å². The van der Waals surface area contributed by atoms with Crippen LogP contribution in [0, 0.1) is 5.92 Å². The Kier molecular flexibility index (Phi) is 6.58. The second kappa shape index (κ2) is 9.55. The average Bonchev–Trinajstić information content (AvgIpc) is 3.09. The van der Waals surface area contributed by atoms with Gasteiger partial charge in [0, 0.05) is 24.0 Å². The van der Waals surface area contributed by atoms with Crippen LogP contribution >= 0.6 is 0 Å². The maximum absolute atomic E-state index is 13.2. The third kappa shape index (κ3) is 4.40. The molecule has 2 aromatic rings. The fourth-order valence-electron chi connectivity index (χ4n) is 4.61. The lowest BCUT2D eigenvalue weighted by atomic mass is 9.91. The molecule has 1 amide bonds. The number of aromatic nitrogens is 1. The second-order valence-electron chi connectivity index (χ2n) is 9.01. The van der Waals surface area contributed by atoms with Gasteiger partial charge in [-0.15, -0.1) is 0 Å². The van der Waals surface area contributed by atoms with Crippen LogP contribution in [0.4, 0.5) is 0 Å². The number of likely N-dealkylation sites (tertiary alicyclic amines) is 1. The zero-order chi connectivity index (χ0) is 22.7. The Morgan fingerprint density at radius 3 is 2.53 bits per heavy atom. The number of benzene rings is 1. The molecule has 1 aliphatic heterocycles. The third-order valence-electron chi connectivity index (χ3n) is 6.16. The molecule has 6 nitrogen and oxygen atoms in total. The highest BCUT2D eigenvalue weighted by Gasteiger charge is 2.48. The van der Waals surface area contributed by atoms with E-state index in [2.05, 4.69) is 18.8 Å². The number of hydrogen-bond donors (Lipinski definition) is 1. The number of Topliss-reactive ketones (excluding diaryl/α,β-unsaturated/α-hetero) is 1. The molecule has 0 bridgehead atoms. The van der Waals surface area contributed by atoms with E-state index in [1.807, 2.05) is 18.2 Å². The molecule has 2 aliphatic rings. The topological polar surface area (TPSA) is 79.7 Å². The van der Waals surface area contributed by atoms with Gasteiger partial charge < -0.3 is 14.7 Å². The molecule has 6 heteroatoms. The minimum atomic E-state index is -0.636. The molecule has 1 saturated carbocycles. The van der Waals surface area contributed by atoms with Crippen molar-refractivity contribution >= 4 is 17.4 Å². The molecular weight excluding hydrogens is 404 g/mol. The van der Waals surface area contributed by atoms with Crippen LogP contribution in [-0.4, -0.2) is 39.3 Å². The first kappa shape index (κ1) is 22.1. The van der Waals surface area contributed by atoms with Crippen molar-refractivity contribution in [3.05, 3.63) is 65.5 Å². The molecule has 0 spiro atoms. The number of nitrogens with zero attached hydrogens (tertiary/aromatic N) is 2. The maximum atomic E-state index is 13.2. The van der Waals surface area contributed by atoms with Gasteiger partial charge in [-0.05, 0) is 48.6 Å². The van der Waals surface area contributed by atoms with Crippen molar-refractivity contribution in [1.29, 1.82) is 0 Å². The lowest BCUT2D eigenvalue weighted by molar-refractivity contribution is -0.141. The molecule has 1 aromatic carbocycles. The maximum Gasteiger partial charge on any atom is 0.295 e. The van der Waals surface area contributed by atoms with Gasteiger partial charge in [-0.2, -0.15) is 0 Å². The number of pyridine rings is 1. The highest BCUT2D eigenvalue weighted by molar-refractivity contribution is 6.46. The lowest BCUT2D eigenvalue weighted by Gasteiger charge is -2.35. The fraction of sp³-hybridized carbons (Fsp3) is 0.423. The minimum Gasteiger partial charge on any atom is -0.507 e. The van der Waals surface area contributed by atoms with Crippen LogP contribution in [0.2, 0.25) is 0 Å². The molecule has 1 atom stereocenters. The summed E-state index contributed by atoms with van der Waals surface area (Å²) in [7, 11) is 0. The predicted octanol–water partition coefficient (Wildman–Crippen LogP) is 4.87. The van der Waals surface area contributed by atoms with Crippen LogP contribution in [0.25, 0.3) is 5.76 Å². The molecule has 1 aromatic heterocycles.